The third-order valence-electron chi connectivity index (χ3n) is 3.19. The molecule has 2 aromatic heterocycles. The highest BCUT2D eigenvalue weighted by atomic mass is 32.2. The molecule has 0 aliphatic heterocycles. The number of oxazole rings is 1. The van der Waals surface area contributed by atoms with Crippen LogP contribution in [-0.2, 0) is 6.54 Å². The molecule has 0 spiro atoms. The van der Waals surface area contributed by atoms with Crippen LogP contribution in [0.25, 0.3) is 11.5 Å². The standard InChI is InChI=1S/C15H16N4OS/c1-10-14(8-19-9-16-11(2)18-19)17-15(20-10)12-4-6-13(21-3)7-5-12/h4-7,9H,8H2,1-3H3. The predicted octanol–water partition coefficient (Wildman–Crippen LogP) is 3.32. The second kappa shape index (κ2) is 5.73. The highest BCUT2D eigenvalue weighted by Crippen LogP contribution is 2.24. The monoisotopic (exact) mass is 300 g/mol. The molecule has 108 valence electrons. The summed E-state index contributed by atoms with van der Waals surface area (Å²) in [6.07, 6.45) is 3.76. The fourth-order valence-electron chi connectivity index (χ4n) is 2.05. The maximum atomic E-state index is 5.77. The van der Waals surface area contributed by atoms with Gasteiger partial charge in [0.15, 0.2) is 0 Å². The van der Waals surface area contributed by atoms with Gasteiger partial charge < -0.3 is 4.42 Å². The second-order valence-corrected chi connectivity index (χ2v) is 5.62. The summed E-state index contributed by atoms with van der Waals surface area (Å²) < 4.78 is 7.54. The molecule has 0 fully saturated rings. The molecule has 0 saturated carbocycles. The van der Waals surface area contributed by atoms with Crippen LogP contribution in [-0.4, -0.2) is 26.0 Å². The highest BCUT2D eigenvalue weighted by molar-refractivity contribution is 7.98. The molecule has 3 rings (SSSR count). The van der Waals surface area contributed by atoms with Crippen molar-refractivity contribution >= 4 is 11.8 Å². The Morgan fingerprint density at radius 1 is 1.19 bits per heavy atom. The molecular weight excluding hydrogens is 284 g/mol. The van der Waals surface area contributed by atoms with E-state index in [1.165, 1.54) is 4.90 Å². The summed E-state index contributed by atoms with van der Waals surface area (Å²) in [6, 6.07) is 8.20. The largest absolute Gasteiger partial charge is 0.441 e. The van der Waals surface area contributed by atoms with E-state index in [-0.39, 0.29) is 0 Å². The Kier molecular flexibility index (Phi) is 3.79. The Morgan fingerprint density at radius 2 is 1.95 bits per heavy atom. The lowest BCUT2D eigenvalue weighted by Crippen LogP contribution is -2.02. The van der Waals surface area contributed by atoms with Crippen molar-refractivity contribution in [2.75, 3.05) is 6.26 Å². The van der Waals surface area contributed by atoms with E-state index < -0.39 is 0 Å². The summed E-state index contributed by atoms with van der Waals surface area (Å²) in [5, 5.41) is 4.27. The normalized spacial score (nSPS) is 11.0. The second-order valence-electron chi connectivity index (χ2n) is 4.74. The first-order chi connectivity index (χ1) is 10.2. The van der Waals surface area contributed by atoms with Crippen LogP contribution in [0.4, 0.5) is 0 Å². The lowest BCUT2D eigenvalue weighted by atomic mass is 10.2. The van der Waals surface area contributed by atoms with Gasteiger partial charge in [-0.15, -0.1) is 11.8 Å². The van der Waals surface area contributed by atoms with Gasteiger partial charge in [0.1, 0.15) is 23.6 Å². The van der Waals surface area contributed by atoms with E-state index in [0.29, 0.717) is 12.4 Å². The van der Waals surface area contributed by atoms with Crippen molar-refractivity contribution in [2.45, 2.75) is 25.3 Å². The van der Waals surface area contributed by atoms with Gasteiger partial charge in [-0.25, -0.2) is 14.6 Å². The average molecular weight is 300 g/mol. The number of rotatable bonds is 4. The SMILES string of the molecule is CSc1ccc(-c2nc(Cn3cnc(C)n3)c(C)o2)cc1. The molecule has 0 amide bonds. The van der Waals surface area contributed by atoms with Crippen molar-refractivity contribution in [3.8, 4) is 11.5 Å². The Bertz CT molecular complexity index is 745. The van der Waals surface area contributed by atoms with Crippen molar-refractivity contribution in [3.63, 3.8) is 0 Å². The molecular formula is C15H16N4OS. The van der Waals surface area contributed by atoms with Crippen molar-refractivity contribution in [2.24, 2.45) is 0 Å². The van der Waals surface area contributed by atoms with Gasteiger partial charge >= 0.3 is 0 Å². The van der Waals surface area contributed by atoms with Crippen molar-refractivity contribution < 1.29 is 4.42 Å². The molecule has 0 unspecified atom stereocenters. The average Bonchev–Trinajstić information content (AvgIpc) is 3.06. The fraction of sp³-hybridized carbons (Fsp3) is 0.267. The van der Waals surface area contributed by atoms with Crippen LogP contribution in [0.3, 0.4) is 0 Å². The van der Waals surface area contributed by atoms with Crippen molar-refractivity contribution in [1.29, 1.82) is 0 Å². The van der Waals surface area contributed by atoms with Crippen LogP contribution in [0.15, 0.2) is 39.9 Å². The predicted molar refractivity (Wildman–Crippen MR) is 82.3 cm³/mol. The third kappa shape index (κ3) is 3.00. The molecule has 21 heavy (non-hydrogen) atoms. The number of aryl methyl sites for hydroxylation is 2. The van der Waals surface area contributed by atoms with Crippen LogP contribution < -0.4 is 0 Å². The maximum absolute atomic E-state index is 5.77. The minimum atomic E-state index is 0.569. The molecule has 0 radical (unpaired) electrons. The summed E-state index contributed by atoms with van der Waals surface area (Å²) >= 11 is 1.72. The Morgan fingerprint density at radius 3 is 2.57 bits per heavy atom. The van der Waals surface area contributed by atoms with Crippen LogP contribution in [0.5, 0.6) is 0 Å². The van der Waals surface area contributed by atoms with Crippen LogP contribution in [0.1, 0.15) is 17.3 Å². The number of thioether (sulfide) groups is 1. The molecule has 0 atom stereocenters. The summed E-state index contributed by atoms with van der Waals surface area (Å²) in [5.74, 6) is 2.21. The lowest BCUT2D eigenvalue weighted by molar-refractivity contribution is 0.535. The maximum Gasteiger partial charge on any atom is 0.226 e. The molecule has 0 aliphatic carbocycles. The van der Waals surface area contributed by atoms with Gasteiger partial charge in [0.05, 0.1) is 6.54 Å². The summed E-state index contributed by atoms with van der Waals surface area (Å²) in [5.41, 5.74) is 1.86. The molecule has 6 heteroatoms. The Hall–Kier alpha value is -2.08. The summed E-state index contributed by atoms with van der Waals surface area (Å²) in [7, 11) is 0. The van der Waals surface area contributed by atoms with E-state index in [2.05, 4.69) is 33.5 Å². The smallest absolute Gasteiger partial charge is 0.226 e. The van der Waals surface area contributed by atoms with E-state index in [1.807, 2.05) is 26.0 Å². The first-order valence-corrected chi connectivity index (χ1v) is 7.85. The first-order valence-electron chi connectivity index (χ1n) is 6.62. The quantitative estimate of drug-likeness (QED) is 0.692. The lowest BCUT2D eigenvalue weighted by Gasteiger charge is -1.97. The minimum absolute atomic E-state index is 0.569. The van der Waals surface area contributed by atoms with Gasteiger partial charge in [0, 0.05) is 10.5 Å². The number of benzene rings is 1. The van der Waals surface area contributed by atoms with Crippen LogP contribution >= 0.6 is 11.8 Å². The zero-order valence-electron chi connectivity index (χ0n) is 12.2. The van der Waals surface area contributed by atoms with Crippen LogP contribution in [0.2, 0.25) is 0 Å². The molecule has 1 aromatic carbocycles. The zero-order chi connectivity index (χ0) is 14.8. The molecule has 5 nitrogen and oxygen atoms in total. The third-order valence-corrected chi connectivity index (χ3v) is 3.94. The highest BCUT2D eigenvalue weighted by Gasteiger charge is 2.12. The summed E-state index contributed by atoms with van der Waals surface area (Å²) in [4.78, 5) is 9.92. The van der Waals surface area contributed by atoms with Gasteiger partial charge in [-0.05, 0) is 44.4 Å². The number of hydrogen-bond acceptors (Lipinski definition) is 5. The van der Waals surface area contributed by atoms with Gasteiger partial charge in [-0.3, -0.25) is 0 Å². The molecule has 0 N–H and O–H groups in total. The topological polar surface area (TPSA) is 56.7 Å². The zero-order valence-corrected chi connectivity index (χ0v) is 13.0. The number of aromatic nitrogens is 4. The van der Waals surface area contributed by atoms with Crippen molar-refractivity contribution in [3.05, 3.63) is 47.9 Å². The Balaban J connectivity index is 1.86. The number of nitrogens with zero attached hydrogens (tertiary/aromatic N) is 4. The van der Waals surface area contributed by atoms with E-state index in [4.69, 9.17) is 4.42 Å². The van der Waals surface area contributed by atoms with Gasteiger partial charge in [-0.2, -0.15) is 5.10 Å². The van der Waals surface area contributed by atoms with Gasteiger partial charge in [-0.1, -0.05) is 0 Å². The van der Waals surface area contributed by atoms with Crippen LogP contribution in [0, 0.1) is 13.8 Å². The van der Waals surface area contributed by atoms with E-state index in [9.17, 15) is 0 Å². The van der Waals surface area contributed by atoms with E-state index in [0.717, 1.165) is 22.8 Å². The van der Waals surface area contributed by atoms with Gasteiger partial charge in [0.25, 0.3) is 0 Å². The summed E-state index contributed by atoms with van der Waals surface area (Å²) in [6.45, 7) is 4.36. The van der Waals surface area contributed by atoms with Crippen molar-refractivity contribution in [1.82, 2.24) is 19.7 Å². The van der Waals surface area contributed by atoms with E-state index >= 15 is 0 Å². The molecule has 0 saturated heterocycles. The Labute approximate surface area is 127 Å². The molecule has 0 aliphatic rings. The number of hydrogen-bond donors (Lipinski definition) is 0. The fourth-order valence-corrected chi connectivity index (χ4v) is 2.46. The molecule has 3 aromatic rings. The molecule has 2 heterocycles. The van der Waals surface area contributed by atoms with E-state index in [1.54, 1.807) is 22.8 Å². The minimum Gasteiger partial charge on any atom is -0.441 e. The molecule has 0 bridgehead atoms. The van der Waals surface area contributed by atoms with Gasteiger partial charge in [0.2, 0.25) is 5.89 Å². The first kappa shape index (κ1) is 13.9.